The molecule has 0 aromatic rings. The van der Waals surface area contributed by atoms with Crippen LogP contribution < -0.4 is 0 Å². The van der Waals surface area contributed by atoms with Crippen molar-refractivity contribution >= 4 is 5.78 Å². The van der Waals surface area contributed by atoms with E-state index in [4.69, 9.17) is 15.3 Å². The molecule has 0 unspecified atom stereocenters. The number of carbonyl (C=O) groups is 1. The molecule has 0 aromatic heterocycles. The van der Waals surface area contributed by atoms with E-state index in [1.807, 2.05) is 0 Å². The molecule has 4 heteroatoms. The minimum Gasteiger partial charge on any atom is -0.394 e. The lowest BCUT2D eigenvalue weighted by Gasteiger charge is -2.10. The SMILES string of the molecule is [14CH3][14C](=O)[C@@H](O)[C@H](O)CO. The third kappa shape index (κ3) is 2.55. The molecule has 0 aliphatic carbocycles. The van der Waals surface area contributed by atoms with Crippen molar-refractivity contribution in [3.8, 4) is 0 Å². The zero-order valence-electron chi connectivity index (χ0n) is 5.11. The Hall–Kier alpha value is -0.450. The van der Waals surface area contributed by atoms with Gasteiger partial charge in [-0.05, 0) is 6.92 Å². The fourth-order valence-electron chi connectivity index (χ4n) is 0.371. The Morgan fingerprint density at radius 3 is 2.11 bits per heavy atom. The van der Waals surface area contributed by atoms with E-state index in [1.54, 1.807) is 0 Å². The van der Waals surface area contributed by atoms with Crippen molar-refractivity contribution < 1.29 is 20.1 Å². The first kappa shape index (κ1) is 8.55. The fourth-order valence-corrected chi connectivity index (χ4v) is 0.371. The molecule has 2 atom stereocenters. The normalized spacial score (nSPS) is 16.9. The maximum absolute atomic E-state index is 10.2. The van der Waals surface area contributed by atoms with E-state index in [2.05, 4.69) is 0 Å². The van der Waals surface area contributed by atoms with Gasteiger partial charge in [-0.3, -0.25) is 4.79 Å². The van der Waals surface area contributed by atoms with Crippen LogP contribution in [0, 0.1) is 0 Å². The minimum atomic E-state index is -1.45. The van der Waals surface area contributed by atoms with Crippen LogP contribution in [0.5, 0.6) is 0 Å². The number of aliphatic hydroxyl groups excluding tert-OH is 3. The van der Waals surface area contributed by atoms with E-state index in [0.29, 0.717) is 0 Å². The Balaban J connectivity index is 3.72. The first-order chi connectivity index (χ1) is 4.09. The molecule has 0 saturated heterocycles. The highest BCUT2D eigenvalue weighted by Crippen LogP contribution is 1.92. The maximum atomic E-state index is 10.2. The van der Waals surface area contributed by atoms with Crippen LogP contribution in [0.1, 0.15) is 6.92 Å². The molecule has 0 aromatic carbocycles. The van der Waals surface area contributed by atoms with Gasteiger partial charge < -0.3 is 15.3 Å². The lowest BCUT2D eigenvalue weighted by Crippen LogP contribution is -2.34. The van der Waals surface area contributed by atoms with Gasteiger partial charge in [0, 0.05) is 0 Å². The summed E-state index contributed by atoms with van der Waals surface area (Å²) in [6.45, 7) is 0.546. The standard InChI is InChI=1S/C5H10O4/c1-3(7)5(9)4(8)2-6/h4-6,8-9H,2H2,1H3/t4-,5-/m1/s1/i1+2,3+2. The fraction of sp³-hybridized carbons (Fsp3) is 0.800. The van der Waals surface area contributed by atoms with E-state index < -0.39 is 24.6 Å². The first-order valence-corrected chi connectivity index (χ1v) is 2.57. The molecule has 0 rings (SSSR count). The number of hydrogen-bond donors (Lipinski definition) is 3. The van der Waals surface area contributed by atoms with Crippen molar-refractivity contribution in [1.82, 2.24) is 0 Å². The van der Waals surface area contributed by atoms with Gasteiger partial charge in [0.05, 0.1) is 6.61 Å². The van der Waals surface area contributed by atoms with Crippen molar-refractivity contribution in [1.29, 1.82) is 0 Å². The summed E-state index contributed by atoms with van der Waals surface area (Å²) in [4.78, 5) is 10.2. The van der Waals surface area contributed by atoms with Gasteiger partial charge >= 0.3 is 0 Å². The van der Waals surface area contributed by atoms with Gasteiger partial charge in [-0.2, -0.15) is 0 Å². The molecular formula is C5H10O4. The van der Waals surface area contributed by atoms with Crippen molar-refractivity contribution in [2.45, 2.75) is 19.1 Å². The average Bonchev–Trinajstić information content (AvgIpc) is 1.84. The number of ketones is 1. The summed E-state index contributed by atoms with van der Waals surface area (Å²) in [6.07, 6.45) is -2.79. The largest absolute Gasteiger partial charge is 0.394 e. The van der Waals surface area contributed by atoms with Crippen LogP contribution >= 0.6 is 0 Å². The Labute approximate surface area is 52.7 Å². The number of carbonyl (C=O) groups excluding carboxylic acids is 1. The molecule has 0 heterocycles. The number of hydrogen-bond acceptors (Lipinski definition) is 4. The smallest absolute Gasteiger partial charge is 0.160 e. The van der Waals surface area contributed by atoms with Gasteiger partial charge in [0.15, 0.2) is 5.78 Å². The highest BCUT2D eigenvalue weighted by molar-refractivity contribution is 5.80. The second kappa shape index (κ2) is 3.55. The lowest BCUT2D eigenvalue weighted by atomic mass is 10.3. The number of Topliss-reactive ketones (excluding diaryl/α,β-unsaturated/α-hetero) is 1. The van der Waals surface area contributed by atoms with Crippen LogP contribution in [0.25, 0.3) is 0 Å². The molecule has 0 bridgehead atoms. The zero-order chi connectivity index (χ0) is 7.44. The van der Waals surface area contributed by atoms with Gasteiger partial charge in [0.25, 0.3) is 0 Å². The van der Waals surface area contributed by atoms with E-state index in [-0.39, 0.29) is 0 Å². The van der Waals surface area contributed by atoms with Crippen LogP contribution in [-0.4, -0.2) is 39.9 Å². The van der Waals surface area contributed by atoms with Crippen LogP contribution in [-0.2, 0) is 4.79 Å². The maximum Gasteiger partial charge on any atom is 0.160 e. The van der Waals surface area contributed by atoms with Crippen LogP contribution in [0.2, 0.25) is 0 Å². The Kier molecular flexibility index (Phi) is 3.37. The summed E-state index contributed by atoms with van der Waals surface area (Å²) in [6, 6.07) is 0. The van der Waals surface area contributed by atoms with Gasteiger partial charge in [0.2, 0.25) is 0 Å². The molecule has 0 aliphatic heterocycles. The summed E-state index contributed by atoms with van der Waals surface area (Å²) >= 11 is 0. The Morgan fingerprint density at radius 1 is 1.56 bits per heavy atom. The topological polar surface area (TPSA) is 77.8 Å². The van der Waals surface area contributed by atoms with Gasteiger partial charge in [0.1, 0.15) is 12.2 Å². The van der Waals surface area contributed by atoms with E-state index >= 15 is 0 Å². The van der Waals surface area contributed by atoms with Gasteiger partial charge in [-0.15, -0.1) is 0 Å². The summed E-state index contributed by atoms with van der Waals surface area (Å²) < 4.78 is 0. The molecule has 54 valence electrons. The Morgan fingerprint density at radius 2 is 2.00 bits per heavy atom. The van der Waals surface area contributed by atoms with Crippen LogP contribution in [0.4, 0.5) is 0 Å². The van der Waals surface area contributed by atoms with Gasteiger partial charge in [-0.1, -0.05) is 0 Å². The molecule has 0 saturated carbocycles. The van der Waals surface area contributed by atoms with E-state index in [1.165, 1.54) is 0 Å². The molecule has 0 radical (unpaired) electrons. The average molecular weight is 138 g/mol. The molecule has 0 amide bonds. The summed E-state index contributed by atoms with van der Waals surface area (Å²) in [5.74, 6) is -0.545. The molecule has 0 fully saturated rings. The molecule has 4 nitrogen and oxygen atoms in total. The van der Waals surface area contributed by atoms with Gasteiger partial charge in [-0.25, -0.2) is 0 Å². The van der Waals surface area contributed by atoms with Crippen LogP contribution in [0.3, 0.4) is 0 Å². The second-order valence-corrected chi connectivity index (χ2v) is 1.81. The third-order valence-corrected chi connectivity index (χ3v) is 0.968. The molecular weight excluding hydrogens is 128 g/mol. The Bertz CT molecular complexity index is 101. The van der Waals surface area contributed by atoms with E-state index in [9.17, 15) is 4.79 Å². The first-order valence-electron chi connectivity index (χ1n) is 2.57. The van der Waals surface area contributed by atoms with E-state index in [0.717, 1.165) is 6.92 Å². The number of aliphatic hydroxyl groups is 3. The second-order valence-electron chi connectivity index (χ2n) is 1.81. The number of rotatable bonds is 3. The van der Waals surface area contributed by atoms with Crippen molar-refractivity contribution in [2.24, 2.45) is 0 Å². The quantitative estimate of drug-likeness (QED) is 0.434. The van der Waals surface area contributed by atoms with Crippen molar-refractivity contribution in [3.63, 3.8) is 0 Å². The molecule has 9 heavy (non-hydrogen) atoms. The zero-order valence-corrected chi connectivity index (χ0v) is 5.11. The third-order valence-electron chi connectivity index (χ3n) is 0.968. The van der Waals surface area contributed by atoms with Crippen LogP contribution in [0.15, 0.2) is 0 Å². The van der Waals surface area contributed by atoms with Crippen molar-refractivity contribution in [2.75, 3.05) is 6.61 Å². The minimum absolute atomic E-state index is 0.545. The predicted octanol–water partition coefficient (Wildman–Crippen LogP) is -1.71. The molecule has 0 aliphatic rings. The summed E-state index contributed by atoms with van der Waals surface area (Å²) in [5.41, 5.74) is 0. The molecule has 3 N–H and O–H groups in total. The highest BCUT2D eigenvalue weighted by atomic mass is 16.4. The van der Waals surface area contributed by atoms with Crippen molar-refractivity contribution in [3.05, 3.63) is 0 Å². The monoisotopic (exact) mass is 138 g/mol. The molecule has 0 spiro atoms. The summed E-state index contributed by atoms with van der Waals surface area (Å²) in [5, 5.41) is 25.4. The lowest BCUT2D eigenvalue weighted by molar-refractivity contribution is -0.132. The predicted molar refractivity (Wildman–Crippen MR) is 29.8 cm³/mol. The highest BCUT2D eigenvalue weighted by Gasteiger charge is 2.18. The summed E-state index contributed by atoms with van der Waals surface area (Å²) in [7, 11) is 0.